The van der Waals surface area contributed by atoms with E-state index in [2.05, 4.69) is 5.32 Å². The van der Waals surface area contributed by atoms with Crippen LogP contribution in [0.5, 0.6) is 0 Å². The van der Waals surface area contributed by atoms with Crippen LogP contribution < -0.4 is 5.32 Å². The van der Waals surface area contributed by atoms with Crippen LogP contribution in [0.3, 0.4) is 0 Å². The Morgan fingerprint density at radius 2 is 1.96 bits per heavy atom. The van der Waals surface area contributed by atoms with Crippen molar-refractivity contribution in [2.75, 3.05) is 18.4 Å². The first kappa shape index (κ1) is 17.9. The zero-order valence-corrected chi connectivity index (χ0v) is 15.1. The second kappa shape index (κ2) is 6.78. The zero-order valence-electron chi connectivity index (χ0n) is 13.5. The molecule has 134 valence electrons. The van der Waals surface area contributed by atoms with Gasteiger partial charge in [-0.25, -0.2) is 12.8 Å². The molecule has 1 aliphatic heterocycles. The van der Waals surface area contributed by atoms with E-state index in [0.717, 1.165) is 12.8 Å². The summed E-state index contributed by atoms with van der Waals surface area (Å²) in [5.74, 6) is -1.36. The summed E-state index contributed by atoms with van der Waals surface area (Å²) in [6.45, 7) is 0.957. The van der Waals surface area contributed by atoms with Crippen molar-refractivity contribution in [3.05, 3.63) is 47.0 Å². The van der Waals surface area contributed by atoms with Crippen molar-refractivity contribution >= 4 is 33.2 Å². The van der Waals surface area contributed by atoms with Gasteiger partial charge in [0.1, 0.15) is 10.6 Å². The highest BCUT2D eigenvalue weighted by Crippen LogP contribution is 2.25. The maximum atomic E-state index is 13.9. The van der Waals surface area contributed by atoms with E-state index in [-0.39, 0.29) is 21.3 Å². The predicted molar refractivity (Wildman–Crippen MR) is 92.8 cm³/mol. The zero-order chi connectivity index (χ0) is 18.2. The summed E-state index contributed by atoms with van der Waals surface area (Å²) in [6, 6.07) is 5.56. The first-order valence-corrected chi connectivity index (χ1v) is 9.54. The van der Waals surface area contributed by atoms with E-state index in [4.69, 9.17) is 11.6 Å². The van der Waals surface area contributed by atoms with Gasteiger partial charge in [-0.2, -0.15) is 4.31 Å². The van der Waals surface area contributed by atoms with Crippen molar-refractivity contribution in [1.29, 1.82) is 0 Å². The number of carbonyl (C=O) groups excluding carboxylic acids is 1. The van der Waals surface area contributed by atoms with Gasteiger partial charge in [0.2, 0.25) is 10.0 Å². The van der Waals surface area contributed by atoms with Crippen LogP contribution in [0.2, 0.25) is 5.02 Å². The molecule has 25 heavy (non-hydrogen) atoms. The standard InChI is InChI=1S/C16H17ClFN3O3S/c1-20-10-11(25(23,24)21-7-2-3-8-21)9-14(20)16(22)19-13-6-4-5-12(17)15(13)18/h4-6,9-10H,2-3,7-8H2,1H3,(H,19,22). The molecular weight excluding hydrogens is 369 g/mol. The number of amides is 1. The fourth-order valence-electron chi connectivity index (χ4n) is 2.77. The fourth-order valence-corrected chi connectivity index (χ4v) is 4.53. The van der Waals surface area contributed by atoms with Crippen molar-refractivity contribution in [1.82, 2.24) is 8.87 Å². The summed E-state index contributed by atoms with van der Waals surface area (Å²) in [4.78, 5) is 12.5. The molecule has 0 saturated carbocycles. The molecule has 1 fully saturated rings. The van der Waals surface area contributed by atoms with Crippen LogP contribution in [-0.4, -0.2) is 36.3 Å². The van der Waals surface area contributed by atoms with Gasteiger partial charge in [-0.15, -0.1) is 0 Å². The summed E-state index contributed by atoms with van der Waals surface area (Å²) < 4.78 is 41.9. The van der Waals surface area contributed by atoms with Crippen molar-refractivity contribution < 1.29 is 17.6 Å². The van der Waals surface area contributed by atoms with Gasteiger partial charge in [-0.1, -0.05) is 17.7 Å². The van der Waals surface area contributed by atoms with E-state index in [1.165, 1.54) is 39.3 Å². The Bertz CT molecular complexity index is 921. The van der Waals surface area contributed by atoms with Crippen molar-refractivity contribution in [3.63, 3.8) is 0 Å². The minimum Gasteiger partial charge on any atom is -0.345 e. The van der Waals surface area contributed by atoms with Gasteiger partial charge in [0.15, 0.2) is 5.82 Å². The molecule has 0 aliphatic carbocycles. The maximum Gasteiger partial charge on any atom is 0.272 e. The molecule has 0 unspecified atom stereocenters. The van der Waals surface area contributed by atoms with Crippen molar-refractivity contribution in [2.45, 2.75) is 17.7 Å². The summed E-state index contributed by atoms with van der Waals surface area (Å²) in [7, 11) is -2.06. The highest BCUT2D eigenvalue weighted by atomic mass is 35.5. The molecule has 1 aliphatic rings. The minimum absolute atomic E-state index is 0.0496. The maximum absolute atomic E-state index is 13.9. The van der Waals surface area contributed by atoms with Crippen molar-refractivity contribution in [2.24, 2.45) is 7.05 Å². The van der Waals surface area contributed by atoms with E-state index in [1.54, 1.807) is 7.05 Å². The van der Waals surface area contributed by atoms with Gasteiger partial charge in [-0.05, 0) is 31.0 Å². The number of aryl methyl sites for hydroxylation is 1. The number of nitrogens with one attached hydrogen (secondary N) is 1. The lowest BCUT2D eigenvalue weighted by Crippen LogP contribution is -2.27. The van der Waals surface area contributed by atoms with E-state index in [0.29, 0.717) is 13.1 Å². The molecule has 0 bridgehead atoms. The first-order valence-electron chi connectivity index (χ1n) is 7.72. The number of hydrogen-bond acceptors (Lipinski definition) is 3. The molecule has 1 N–H and O–H groups in total. The second-order valence-corrected chi connectivity index (χ2v) is 8.18. The summed E-state index contributed by atoms with van der Waals surface area (Å²) in [6.07, 6.45) is 3.04. The van der Waals surface area contributed by atoms with Crippen LogP contribution in [0.15, 0.2) is 35.4 Å². The molecule has 1 saturated heterocycles. The number of carbonyl (C=O) groups is 1. The molecule has 3 rings (SSSR count). The molecule has 1 amide bonds. The van der Waals surface area contributed by atoms with Crippen LogP contribution in [-0.2, 0) is 17.1 Å². The number of benzene rings is 1. The Morgan fingerprint density at radius 3 is 2.64 bits per heavy atom. The molecule has 0 radical (unpaired) electrons. The second-order valence-electron chi connectivity index (χ2n) is 5.84. The van der Waals surface area contributed by atoms with Crippen LogP contribution in [0.4, 0.5) is 10.1 Å². The first-order chi connectivity index (χ1) is 11.8. The Kier molecular flexibility index (Phi) is 4.86. The Hall–Kier alpha value is -1.90. The number of anilines is 1. The van der Waals surface area contributed by atoms with Crippen LogP contribution in [0.1, 0.15) is 23.3 Å². The predicted octanol–water partition coefficient (Wildman–Crippen LogP) is 2.85. The molecule has 1 aromatic heterocycles. The molecule has 2 aromatic rings. The quantitative estimate of drug-likeness (QED) is 0.879. The third-order valence-corrected chi connectivity index (χ3v) is 6.27. The van der Waals surface area contributed by atoms with Gasteiger partial charge in [0, 0.05) is 26.3 Å². The van der Waals surface area contributed by atoms with E-state index in [9.17, 15) is 17.6 Å². The molecule has 6 nitrogen and oxygen atoms in total. The van der Waals surface area contributed by atoms with Crippen LogP contribution in [0.25, 0.3) is 0 Å². The number of aromatic nitrogens is 1. The Balaban J connectivity index is 1.87. The Morgan fingerprint density at radius 1 is 1.28 bits per heavy atom. The summed E-state index contributed by atoms with van der Waals surface area (Å²) >= 11 is 5.69. The van der Waals surface area contributed by atoms with Crippen LogP contribution >= 0.6 is 11.6 Å². The monoisotopic (exact) mass is 385 g/mol. The third-order valence-electron chi connectivity index (χ3n) is 4.12. The van der Waals surface area contributed by atoms with Gasteiger partial charge in [-0.3, -0.25) is 4.79 Å². The molecule has 2 heterocycles. The summed E-state index contributed by atoms with van der Waals surface area (Å²) in [5, 5.41) is 2.31. The molecular formula is C16H17ClFN3O3S. The topological polar surface area (TPSA) is 71.4 Å². The number of hydrogen-bond donors (Lipinski definition) is 1. The lowest BCUT2D eigenvalue weighted by molar-refractivity contribution is 0.101. The molecule has 0 spiro atoms. The van der Waals surface area contributed by atoms with E-state index >= 15 is 0 Å². The smallest absolute Gasteiger partial charge is 0.272 e. The van der Waals surface area contributed by atoms with Gasteiger partial charge in [0.25, 0.3) is 5.91 Å². The minimum atomic E-state index is -3.62. The third kappa shape index (κ3) is 3.42. The summed E-state index contributed by atoms with van der Waals surface area (Å²) in [5.41, 5.74) is 0.0415. The normalized spacial score (nSPS) is 15.5. The van der Waals surface area contributed by atoms with E-state index < -0.39 is 21.7 Å². The van der Waals surface area contributed by atoms with E-state index in [1.807, 2.05) is 0 Å². The van der Waals surface area contributed by atoms with Gasteiger partial charge in [0.05, 0.1) is 10.7 Å². The van der Waals surface area contributed by atoms with Crippen molar-refractivity contribution in [3.8, 4) is 0 Å². The number of rotatable bonds is 4. The average Bonchev–Trinajstić information content (AvgIpc) is 3.21. The lowest BCUT2D eigenvalue weighted by Gasteiger charge is -2.13. The highest BCUT2D eigenvalue weighted by molar-refractivity contribution is 7.89. The number of halogens is 2. The average molecular weight is 386 g/mol. The Labute approximate surface area is 150 Å². The van der Waals surface area contributed by atoms with Gasteiger partial charge >= 0.3 is 0 Å². The largest absolute Gasteiger partial charge is 0.345 e. The molecule has 1 aromatic carbocycles. The number of sulfonamides is 1. The SMILES string of the molecule is Cn1cc(S(=O)(=O)N2CCCC2)cc1C(=O)Nc1cccc(Cl)c1F. The fraction of sp³-hybridized carbons (Fsp3) is 0.312. The lowest BCUT2D eigenvalue weighted by atomic mass is 10.3. The van der Waals surface area contributed by atoms with Crippen LogP contribution in [0, 0.1) is 5.82 Å². The highest BCUT2D eigenvalue weighted by Gasteiger charge is 2.29. The van der Waals surface area contributed by atoms with Gasteiger partial charge < -0.3 is 9.88 Å². The molecule has 9 heteroatoms. The number of nitrogens with zero attached hydrogens (tertiary/aromatic N) is 2. The molecule has 0 atom stereocenters.